The average molecular weight is 329 g/mol. The van der Waals surface area contributed by atoms with Crippen molar-refractivity contribution in [2.24, 2.45) is 0 Å². The van der Waals surface area contributed by atoms with Crippen LogP contribution in [0.15, 0.2) is 42.5 Å². The largest absolute Gasteiger partial charge is 0.493 e. The molecule has 1 atom stereocenters. The quantitative estimate of drug-likeness (QED) is 0.838. The Bertz CT molecular complexity index is 660. The lowest BCUT2D eigenvalue weighted by Crippen LogP contribution is -2.14. The molecule has 0 aliphatic rings. The molecular weight excluding hydrogens is 306 g/mol. The first kappa shape index (κ1) is 17.7. The molecule has 128 valence electrons. The van der Waals surface area contributed by atoms with Crippen LogP contribution in [-0.4, -0.2) is 27.2 Å². The molecule has 0 bridgehead atoms. The molecule has 0 aliphatic carbocycles. The van der Waals surface area contributed by atoms with E-state index in [0.29, 0.717) is 29.4 Å². The highest BCUT2D eigenvalue weighted by atomic mass is 16.5. The van der Waals surface area contributed by atoms with Crippen LogP contribution < -0.4 is 19.5 Å². The van der Waals surface area contributed by atoms with Crippen molar-refractivity contribution in [2.45, 2.75) is 19.3 Å². The monoisotopic (exact) mass is 329 g/mol. The zero-order valence-electron chi connectivity index (χ0n) is 14.5. The highest BCUT2D eigenvalue weighted by Gasteiger charge is 2.16. The van der Waals surface area contributed by atoms with Crippen molar-refractivity contribution in [1.29, 1.82) is 0 Å². The first-order valence-corrected chi connectivity index (χ1v) is 7.73. The zero-order valence-corrected chi connectivity index (χ0v) is 14.5. The number of amides is 1. The fourth-order valence-corrected chi connectivity index (χ4v) is 2.54. The molecule has 0 fully saturated rings. The number of anilines is 1. The smallest absolute Gasteiger partial charge is 0.224 e. The van der Waals surface area contributed by atoms with Crippen LogP contribution in [0.25, 0.3) is 0 Å². The lowest BCUT2D eigenvalue weighted by molar-refractivity contribution is -0.116. The maximum absolute atomic E-state index is 12.3. The van der Waals surface area contributed by atoms with E-state index >= 15 is 0 Å². The molecule has 5 nitrogen and oxygen atoms in total. The number of hydrogen-bond acceptors (Lipinski definition) is 4. The minimum atomic E-state index is -0.0689. The van der Waals surface area contributed by atoms with Crippen LogP contribution in [0, 0.1) is 0 Å². The number of carbonyl (C=O) groups is 1. The summed E-state index contributed by atoms with van der Waals surface area (Å²) in [4.78, 5) is 12.3. The first-order chi connectivity index (χ1) is 11.6. The van der Waals surface area contributed by atoms with Gasteiger partial charge in [-0.15, -0.1) is 0 Å². The summed E-state index contributed by atoms with van der Waals surface area (Å²) < 4.78 is 15.9. The second-order valence-electron chi connectivity index (χ2n) is 5.48. The molecule has 2 rings (SSSR count). The summed E-state index contributed by atoms with van der Waals surface area (Å²) in [6.45, 7) is 2.03. The van der Waals surface area contributed by atoms with Gasteiger partial charge in [0, 0.05) is 24.2 Å². The van der Waals surface area contributed by atoms with E-state index in [4.69, 9.17) is 14.2 Å². The highest BCUT2D eigenvalue weighted by molar-refractivity contribution is 5.92. The van der Waals surface area contributed by atoms with E-state index in [0.717, 1.165) is 5.56 Å². The fourth-order valence-electron chi connectivity index (χ4n) is 2.54. The molecule has 2 aromatic rings. The van der Waals surface area contributed by atoms with Gasteiger partial charge in [0.1, 0.15) is 0 Å². The Morgan fingerprint density at radius 2 is 1.58 bits per heavy atom. The summed E-state index contributed by atoms with van der Waals surface area (Å²) in [5.74, 6) is 1.57. The molecule has 0 saturated heterocycles. The SMILES string of the molecule is COc1cc(NC(=O)C[C@H](C)c2ccccc2)cc(OC)c1OC. The van der Waals surface area contributed by atoms with E-state index in [1.165, 1.54) is 0 Å². The second-order valence-corrected chi connectivity index (χ2v) is 5.48. The van der Waals surface area contributed by atoms with Crippen molar-refractivity contribution in [3.8, 4) is 17.2 Å². The molecule has 0 aliphatic heterocycles. The molecule has 0 unspecified atom stereocenters. The van der Waals surface area contributed by atoms with E-state index in [1.54, 1.807) is 33.5 Å². The number of carbonyl (C=O) groups excluding carboxylic acids is 1. The van der Waals surface area contributed by atoms with Gasteiger partial charge >= 0.3 is 0 Å². The highest BCUT2D eigenvalue weighted by Crippen LogP contribution is 2.40. The normalized spacial score (nSPS) is 11.5. The minimum absolute atomic E-state index is 0.0689. The van der Waals surface area contributed by atoms with Crippen molar-refractivity contribution in [3.63, 3.8) is 0 Å². The Morgan fingerprint density at radius 3 is 2.08 bits per heavy atom. The van der Waals surface area contributed by atoms with E-state index < -0.39 is 0 Å². The van der Waals surface area contributed by atoms with Gasteiger partial charge < -0.3 is 19.5 Å². The minimum Gasteiger partial charge on any atom is -0.493 e. The Hall–Kier alpha value is -2.69. The molecule has 1 N–H and O–H groups in total. The molecule has 24 heavy (non-hydrogen) atoms. The Morgan fingerprint density at radius 1 is 1.00 bits per heavy atom. The van der Waals surface area contributed by atoms with E-state index in [2.05, 4.69) is 5.32 Å². The summed E-state index contributed by atoms with van der Waals surface area (Å²) in [5.41, 5.74) is 1.74. The van der Waals surface area contributed by atoms with Crippen LogP contribution in [0.4, 0.5) is 5.69 Å². The summed E-state index contributed by atoms with van der Waals surface area (Å²) in [6.07, 6.45) is 0.390. The van der Waals surface area contributed by atoms with Gasteiger partial charge in [-0.25, -0.2) is 0 Å². The maximum atomic E-state index is 12.3. The van der Waals surface area contributed by atoms with Crippen LogP contribution in [0.3, 0.4) is 0 Å². The van der Waals surface area contributed by atoms with Crippen LogP contribution >= 0.6 is 0 Å². The van der Waals surface area contributed by atoms with Gasteiger partial charge in [0.05, 0.1) is 21.3 Å². The average Bonchev–Trinajstić information content (AvgIpc) is 2.61. The fraction of sp³-hybridized carbons (Fsp3) is 0.316. The first-order valence-electron chi connectivity index (χ1n) is 7.73. The summed E-state index contributed by atoms with van der Waals surface area (Å²) in [7, 11) is 4.63. The Kier molecular flexibility index (Phi) is 6.07. The molecule has 0 spiro atoms. The van der Waals surface area contributed by atoms with Crippen molar-refractivity contribution >= 4 is 11.6 Å². The van der Waals surface area contributed by atoms with Crippen molar-refractivity contribution < 1.29 is 19.0 Å². The van der Waals surface area contributed by atoms with Gasteiger partial charge in [0.2, 0.25) is 11.7 Å². The molecule has 1 amide bonds. The lowest BCUT2D eigenvalue weighted by Gasteiger charge is -2.16. The van der Waals surface area contributed by atoms with Crippen LogP contribution in [0.1, 0.15) is 24.8 Å². The van der Waals surface area contributed by atoms with Gasteiger partial charge in [-0.2, -0.15) is 0 Å². The number of methoxy groups -OCH3 is 3. The third-order valence-electron chi connectivity index (χ3n) is 3.81. The van der Waals surface area contributed by atoms with Gasteiger partial charge in [-0.05, 0) is 11.5 Å². The lowest BCUT2D eigenvalue weighted by atomic mass is 9.97. The van der Waals surface area contributed by atoms with E-state index in [9.17, 15) is 4.79 Å². The molecule has 0 heterocycles. The number of hydrogen-bond donors (Lipinski definition) is 1. The molecule has 0 saturated carbocycles. The third-order valence-corrected chi connectivity index (χ3v) is 3.81. The van der Waals surface area contributed by atoms with Crippen molar-refractivity contribution in [2.75, 3.05) is 26.6 Å². The Labute approximate surface area is 142 Å². The number of ether oxygens (including phenoxy) is 3. The van der Waals surface area contributed by atoms with Gasteiger partial charge in [0.25, 0.3) is 0 Å². The number of benzene rings is 2. The van der Waals surface area contributed by atoms with Crippen molar-refractivity contribution in [3.05, 3.63) is 48.0 Å². The van der Waals surface area contributed by atoms with Crippen LogP contribution in [0.5, 0.6) is 17.2 Å². The predicted octanol–water partition coefficient (Wildman–Crippen LogP) is 3.84. The number of rotatable bonds is 7. The molecule has 0 aromatic heterocycles. The van der Waals surface area contributed by atoms with E-state index in [-0.39, 0.29) is 11.8 Å². The summed E-state index contributed by atoms with van der Waals surface area (Å²) in [5, 5.41) is 2.89. The summed E-state index contributed by atoms with van der Waals surface area (Å²) >= 11 is 0. The maximum Gasteiger partial charge on any atom is 0.224 e. The molecule has 2 aromatic carbocycles. The summed E-state index contributed by atoms with van der Waals surface area (Å²) in [6, 6.07) is 13.4. The van der Waals surface area contributed by atoms with Gasteiger partial charge in [-0.3, -0.25) is 4.79 Å². The standard InChI is InChI=1S/C19H23NO4/c1-13(14-8-6-5-7-9-14)10-18(21)20-15-11-16(22-2)19(24-4)17(12-15)23-3/h5-9,11-13H,10H2,1-4H3,(H,20,21)/t13-/m0/s1. The van der Waals surface area contributed by atoms with Gasteiger partial charge in [0.15, 0.2) is 11.5 Å². The zero-order chi connectivity index (χ0) is 17.5. The van der Waals surface area contributed by atoms with Crippen LogP contribution in [-0.2, 0) is 4.79 Å². The number of nitrogens with one attached hydrogen (secondary N) is 1. The third kappa shape index (κ3) is 4.19. The Balaban J connectivity index is 2.11. The predicted molar refractivity (Wildman–Crippen MR) is 94.2 cm³/mol. The second kappa shape index (κ2) is 8.24. The van der Waals surface area contributed by atoms with Crippen LogP contribution in [0.2, 0.25) is 0 Å². The molecule has 5 heteroatoms. The molecular formula is C19H23NO4. The van der Waals surface area contributed by atoms with Crippen molar-refractivity contribution in [1.82, 2.24) is 0 Å². The van der Waals surface area contributed by atoms with E-state index in [1.807, 2.05) is 37.3 Å². The van der Waals surface area contributed by atoms with Gasteiger partial charge in [-0.1, -0.05) is 37.3 Å². The topological polar surface area (TPSA) is 56.8 Å². The molecule has 0 radical (unpaired) electrons.